The molecule has 4 nitrogen and oxygen atoms in total. The van der Waals surface area contributed by atoms with Gasteiger partial charge in [-0.1, -0.05) is 6.07 Å². The maximum Gasteiger partial charge on any atom is 0.137 e. The third-order valence-electron chi connectivity index (χ3n) is 4.40. The first-order chi connectivity index (χ1) is 12.8. The molecule has 0 fully saturated rings. The molecule has 5 heteroatoms. The van der Waals surface area contributed by atoms with Gasteiger partial charge in [-0.3, -0.25) is 4.98 Å². The zero-order valence-electron chi connectivity index (χ0n) is 14.3. The average Bonchev–Trinajstić information content (AvgIpc) is 3.10. The molecular formula is C21H17N3OS. The summed E-state index contributed by atoms with van der Waals surface area (Å²) >= 11 is 1.71. The van der Waals surface area contributed by atoms with Crippen molar-refractivity contribution in [2.24, 2.45) is 0 Å². The van der Waals surface area contributed by atoms with Crippen molar-refractivity contribution >= 4 is 17.6 Å². The number of methoxy groups -OCH3 is 1. The molecule has 4 rings (SSSR count). The number of benzene rings is 2. The Labute approximate surface area is 157 Å². The van der Waals surface area contributed by atoms with Crippen LogP contribution in [0.1, 0.15) is 11.1 Å². The van der Waals surface area contributed by atoms with Gasteiger partial charge in [-0.05, 0) is 72.5 Å². The molecule has 0 atom stereocenters. The molecule has 0 amide bonds. The molecule has 26 heavy (non-hydrogen) atoms. The monoisotopic (exact) mass is 359 g/mol. The predicted molar refractivity (Wildman–Crippen MR) is 104 cm³/mol. The van der Waals surface area contributed by atoms with Gasteiger partial charge in [0, 0.05) is 17.0 Å². The summed E-state index contributed by atoms with van der Waals surface area (Å²) in [6, 6.07) is 20.3. The summed E-state index contributed by atoms with van der Waals surface area (Å²) in [5.41, 5.74) is 5.34. The fraction of sp³-hybridized carbons (Fsp3) is 0.143. The quantitative estimate of drug-likeness (QED) is 0.632. The molecule has 1 aliphatic rings. The Hall–Kier alpha value is -2.97. The van der Waals surface area contributed by atoms with E-state index in [9.17, 15) is 0 Å². The van der Waals surface area contributed by atoms with Crippen LogP contribution in [-0.2, 0) is 6.42 Å². The Morgan fingerprint density at radius 3 is 2.65 bits per heavy atom. The summed E-state index contributed by atoms with van der Waals surface area (Å²) in [7, 11) is 1.65. The molecule has 0 N–H and O–H groups in total. The molecule has 0 spiro atoms. The average molecular weight is 359 g/mol. The molecule has 128 valence electrons. The SMILES string of the molecule is COc1ccc(-c2ccc3c(c2)CCN3Sc2ccc(C#N)cc2)nc1. The Kier molecular flexibility index (Phi) is 4.51. The minimum Gasteiger partial charge on any atom is -0.495 e. The normalized spacial score (nSPS) is 12.5. The van der Waals surface area contributed by atoms with Crippen molar-refractivity contribution in [3.05, 3.63) is 71.9 Å². The Bertz CT molecular complexity index is 962. The number of hydrogen-bond donors (Lipinski definition) is 0. The van der Waals surface area contributed by atoms with Crippen molar-refractivity contribution in [2.75, 3.05) is 18.0 Å². The lowest BCUT2D eigenvalue weighted by Gasteiger charge is -2.18. The van der Waals surface area contributed by atoms with Gasteiger partial charge in [0.25, 0.3) is 0 Å². The first-order valence-corrected chi connectivity index (χ1v) is 9.13. The highest BCUT2D eigenvalue weighted by atomic mass is 32.2. The van der Waals surface area contributed by atoms with Crippen LogP contribution in [0, 0.1) is 11.3 Å². The molecule has 0 saturated carbocycles. The van der Waals surface area contributed by atoms with E-state index in [1.807, 2.05) is 36.4 Å². The lowest BCUT2D eigenvalue weighted by atomic mass is 10.1. The number of nitriles is 1. The number of hydrogen-bond acceptors (Lipinski definition) is 5. The van der Waals surface area contributed by atoms with Crippen molar-refractivity contribution in [3.8, 4) is 23.1 Å². The standard InChI is InChI=1S/C21H17N3OS/c1-25-18-5-8-20(23-14-18)16-4-9-21-17(12-16)10-11-24(21)26-19-6-2-15(13-22)3-7-19/h2-9,12,14H,10-11H2,1H3. The molecular weight excluding hydrogens is 342 g/mol. The van der Waals surface area contributed by atoms with Crippen molar-refractivity contribution in [3.63, 3.8) is 0 Å². The van der Waals surface area contributed by atoms with Gasteiger partial charge in [0.05, 0.1) is 36.3 Å². The van der Waals surface area contributed by atoms with E-state index in [2.05, 4.69) is 33.6 Å². The Balaban J connectivity index is 1.54. The van der Waals surface area contributed by atoms with E-state index in [4.69, 9.17) is 10.00 Å². The topological polar surface area (TPSA) is 49.1 Å². The van der Waals surface area contributed by atoms with E-state index in [1.54, 1.807) is 25.3 Å². The van der Waals surface area contributed by atoms with Crippen LogP contribution in [-0.4, -0.2) is 18.6 Å². The third-order valence-corrected chi connectivity index (χ3v) is 5.48. The molecule has 0 bridgehead atoms. The molecule has 0 aliphatic carbocycles. The lowest BCUT2D eigenvalue weighted by molar-refractivity contribution is 0.413. The first kappa shape index (κ1) is 16.5. The summed E-state index contributed by atoms with van der Waals surface area (Å²) in [5.74, 6) is 0.764. The first-order valence-electron chi connectivity index (χ1n) is 8.36. The number of fused-ring (bicyclic) bond motifs is 1. The van der Waals surface area contributed by atoms with Crippen LogP contribution in [0.2, 0.25) is 0 Å². The van der Waals surface area contributed by atoms with Crippen LogP contribution in [0.15, 0.2) is 65.7 Å². The van der Waals surface area contributed by atoms with E-state index >= 15 is 0 Å². The molecule has 0 unspecified atom stereocenters. The van der Waals surface area contributed by atoms with Gasteiger partial charge in [0.1, 0.15) is 5.75 Å². The fourth-order valence-electron chi connectivity index (χ4n) is 3.02. The highest BCUT2D eigenvalue weighted by molar-refractivity contribution is 8.00. The van der Waals surface area contributed by atoms with Gasteiger partial charge in [-0.2, -0.15) is 5.26 Å². The second-order valence-electron chi connectivity index (χ2n) is 6.01. The lowest BCUT2D eigenvalue weighted by Crippen LogP contribution is -2.09. The van der Waals surface area contributed by atoms with Gasteiger partial charge in [-0.25, -0.2) is 0 Å². The van der Waals surface area contributed by atoms with Crippen molar-refractivity contribution in [1.29, 1.82) is 5.26 Å². The van der Waals surface area contributed by atoms with E-state index in [-0.39, 0.29) is 0 Å². The molecule has 0 radical (unpaired) electrons. The fourth-order valence-corrected chi connectivity index (χ4v) is 3.99. The highest BCUT2D eigenvalue weighted by Gasteiger charge is 2.20. The molecule has 2 aromatic carbocycles. The van der Waals surface area contributed by atoms with Crippen LogP contribution in [0.3, 0.4) is 0 Å². The second-order valence-corrected chi connectivity index (χ2v) is 7.10. The minimum absolute atomic E-state index is 0.688. The molecule has 1 aliphatic heterocycles. The van der Waals surface area contributed by atoms with E-state index in [1.165, 1.54) is 11.3 Å². The summed E-state index contributed by atoms with van der Waals surface area (Å²) in [4.78, 5) is 5.61. The maximum absolute atomic E-state index is 8.91. The second kappa shape index (κ2) is 7.11. The van der Waals surface area contributed by atoms with E-state index < -0.39 is 0 Å². The minimum atomic E-state index is 0.688. The smallest absolute Gasteiger partial charge is 0.137 e. The summed E-state index contributed by atoms with van der Waals surface area (Å²) < 4.78 is 7.48. The number of anilines is 1. The number of ether oxygens (including phenoxy) is 1. The van der Waals surface area contributed by atoms with Crippen LogP contribution < -0.4 is 9.04 Å². The molecule has 1 aromatic heterocycles. The van der Waals surface area contributed by atoms with Gasteiger partial charge in [0.15, 0.2) is 0 Å². The summed E-state index contributed by atoms with van der Waals surface area (Å²) in [6.07, 6.45) is 2.76. The maximum atomic E-state index is 8.91. The van der Waals surface area contributed by atoms with Crippen LogP contribution >= 0.6 is 11.9 Å². The zero-order valence-corrected chi connectivity index (χ0v) is 15.2. The number of nitrogens with zero attached hydrogens (tertiary/aromatic N) is 3. The van der Waals surface area contributed by atoms with Crippen molar-refractivity contribution in [1.82, 2.24) is 4.98 Å². The Morgan fingerprint density at radius 2 is 1.96 bits per heavy atom. The van der Waals surface area contributed by atoms with Gasteiger partial charge in [0.2, 0.25) is 0 Å². The third kappa shape index (κ3) is 3.24. The Morgan fingerprint density at radius 1 is 1.12 bits per heavy atom. The highest BCUT2D eigenvalue weighted by Crippen LogP contribution is 2.38. The van der Waals surface area contributed by atoms with Gasteiger partial charge >= 0.3 is 0 Å². The van der Waals surface area contributed by atoms with Crippen LogP contribution in [0.25, 0.3) is 11.3 Å². The van der Waals surface area contributed by atoms with Crippen molar-refractivity contribution < 1.29 is 4.74 Å². The predicted octanol–water partition coefficient (Wildman–Crippen LogP) is 4.70. The molecule has 0 saturated heterocycles. The number of pyridine rings is 1. The number of aromatic nitrogens is 1. The largest absolute Gasteiger partial charge is 0.495 e. The summed E-state index contributed by atoms with van der Waals surface area (Å²) in [6.45, 7) is 0.972. The van der Waals surface area contributed by atoms with E-state index in [0.717, 1.165) is 34.9 Å². The van der Waals surface area contributed by atoms with Gasteiger partial charge in [-0.15, -0.1) is 0 Å². The molecule has 2 heterocycles. The zero-order chi connectivity index (χ0) is 17.9. The van der Waals surface area contributed by atoms with Crippen LogP contribution in [0.5, 0.6) is 5.75 Å². The molecule has 3 aromatic rings. The van der Waals surface area contributed by atoms with Crippen LogP contribution in [0.4, 0.5) is 5.69 Å². The van der Waals surface area contributed by atoms with Gasteiger partial charge < -0.3 is 9.04 Å². The van der Waals surface area contributed by atoms with Crippen molar-refractivity contribution in [2.45, 2.75) is 11.3 Å². The number of rotatable bonds is 4. The summed E-state index contributed by atoms with van der Waals surface area (Å²) in [5, 5.41) is 8.91. The van der Waals surface area contributed by atoms with E-state index in [0.29, 0.717) is 5.56 Å².